The number of rotatable bonds is 4. The Balaban J connectivity index is 1.88. The van der Waals surface area contributed by atoms with Gasteiger partial charge in [0.05, 0.1) is 11.9 Å². The minimum absolute atomic E-state index is 0.625. The zero-order valence-corrected chi connectivity index (χ0v) is 14.4. The summed E-state index contributed by atoms with van der Waals surface area (Å²) >= 11 is 0. The molecule has 0 aliphatic heterocycles. The Kier molecular flexibility index (Phi) is 3.68. The molecule has 2 N–H and O–H groups in total. The van der Waals surface area contributed by atoms with Gasteiger partial charge in [-0.15, -0.1) is 0 Å². The molecule has 0 spiro atoms. The lowest BCUT2D eigenvalue weighted by atomic mass is 10.1. The van der Waals surface area contributed by atoms with Crippen LogP contribution >= 0.6 is 0 Å². The average Bonchev–Trinajstić information content (AvgIpc) is 3.26. The fourth-order valence-electron chi connectivity index (χ4n) is 2.87. The van der Waals surface area contributed by atoms with Crippen LogP contribution in [0, 0.1) is 0 Å². The minimum atomic E-state index is 0.625. The normalized spacial score (nSPS) is 11.2. The van der Waals surface area contributed by atoms with Gasteiger partial charge in [-0.3, -0.25) is 4.68 Å². The third kappa shape index (κ3) is 2.73. The van der Waals surface area contributed by atoms with Gasteiger partial charge in [0, 0.05) is 60.5 Å². The van der Waals surface area contributed by atoms with Crippen molar-refractivity contribution in [1.29, 1.82) is 0 Å². The van der Waals surface area contributed by atoms with Crippen molar-refractivity contribution >= 4 is 17.0 Å². The van der Waals surface area contributed by atoms with Gasteiger partial charge in [0.1, 0.15) is 5.65 Å². The maximum absolute atomic E-state index is 4.61. The van der Waals surface area contributed by atoms with Gasteiger partial charge in [0.25, 0.3) is 0 Å². The summed E-state index contributed by atoms with van der Waals surface area (Å²) in [7, 11) is 3.74. The topological polar surface area (TPSA) is 84.3 Å². The predicted molar refractivity (Wildman–Crippen MR) is 98.2 cm³/mol. The van der Waals surface area contributed by atoms with E-state index in [1.54, 1.807) is 4.68 Å². The summed E-state index contributed by atoms with van der Waals surface area (Å²) in [6.45, 7) is 2.09. The van der Waals surface area contributed by atoms with Crippen LogP contribution in [0.4, 0.5) is 5.95 Å². The Bertz CT molecular complexity index is 1020. The lowest BCUT2D eigenvalue weighted by Gasteiger charge is -2.06. The molecule has 4 rings (SSSR count). The molecule has 7 heteroatoms. The van der Waals surface area contributed by atoms with Crippen LogP contribution in [0.3, 0.4) is 0 Å². The summed E-state index contributed by atoms with van der Waals surface area (Å²) in [6.07, 6.45) is 8.48. The zero-order valence-electron chi connectivity index (χ0n) is 14.4. The van der Waals surface area contributed by atoms with Crippen molar-refractivity contribution < 1.29 is 0 Å². The molecule has 0 fully saturated rings. The van der Waals surface area contributed by atoms with Crippen LogP contribution in [0.1, 0.15) is 12.6 Å². The number of hydrogen-bond donors (Lipinski definition) is 2. The van der Waals surface area contributed by atoms with Crippen molar-refractivity contribution in [2.45, 2.75) is 13.3 Å². The van der Waals surface area contributed by atoms with Gasteiger partial charge in [-0.05, 0) is 18.6 Å². The first-order valence-corrected chi connectivity index (χ1v) is 8.20. The Morgan fingerprint density at radius 1 is 1.16 bits per heavy atom. The number of H-pyrrole nitrogens is 1. The summed E-state index contributed by atoms with van der Waals surface area (Å²) < 4.78 is 1.79. The number of pyridine rings is 1. The van der Waals surface area contributed by atoms with Gasteiger partial charge in [-0.25, -0.2) is 15.0 Å². The fraction of sp³-hybridized carbons (Fsp3) is 0.222. The van der Waals surface area contributed by atoms with Crippen LogP contribution in [0.2, 0.25) is 0 Å². The molecule has 25 heavy (non-hydrogen) atoms. The highest BCUT2D eigenvalue weighted by Crippen LogP contribution is 2.30. The van der Waals surface area contributed by atoms with Crippen molar-refractivity contribution in [2.24, 2.45) is 7.05 Å². The molecular formula is C18H19N7. The van der Waals surface area contributed by atoms with Crippen LogP contribution in [0.25, 0.3) is 33.4 Å². The Labute approximate surface area is 145 Å². The van der Waals surface area contributed by atoms with Gasteiger partial charge in [-0.2, -0.15) is 5.10 Å². The molecule has 0 radical (unpaired) electrons. The van der Waals surface area contributed by atoms with E-state index < -0.39 is 0 Å². The molecule has 0 bridgehead atoms. The number of aryl methyl sites for hydroxylation is 2. The zero-order chi connectivity index (χ0) is 17.4. The van der Waals surface area contributed by atoms with E-state index in [2.05, 4.69) is 43.3 Å². The Morgan fingerprint density at radius 3 is 2.76 bits per heavy atom. The molecule has 126 valence electrons. The van der Waals surface area contributed by atoms with E-state index in [0.717, 1.165) is 45.5 Å². The monoisotopic (exact) mass is 333 g/mol. The molecule has 4 heterocycles. The van der Waals surface area contributed by atoms with E-state index in [4.69, 9.17) is 0 Å². The van der Waals surface area contributed by atoms with Crippen molar-refractivity contribution in [3.05, 3.63) is 42.6 Å². The number of nitrogens with zero attached hydrogens (tertiary/aromatic N) is 5. The van der Waals surface area contributed by atoms with Gasteiger partial charge in [0.15, 0.2) is 0 Å². The first-order valence-electron chi connectivity index (χ1n) is 8.20. The van der Waals surface area contributed by atoms with Crippen LogP contribution < -0.4 is 5.32 Å². The minimum Gasteiger partial charge on any atom is -0.357 e. The van der Waals surface area contributed by atoms with E-state index in [1.165, 1.54) is 0 Å². The SMILES string of the molecule is CCc1cc(-c2c[nH]c3ncc(-c4cnn(C)c4)cc23)nc(NC)n1. The van der Waals surface area contributed by atoms with E-state index in [1.807, 2.05) is 44.9 Å². The van der Waals surface area contributed by atoms with Gasteiger partial charge < -0.3 is 10.3 Å². The summed E-state index contributed by atoms with van der Waals surface area (Å²) in [4.78, 5) is 16.9. The molecule has 4 aromatic rings. The third-order valence-corrected chi connectivity index (χ3v) is 4.21. The summed E-state index contributed by atoms with van der Waals surface area (Å²) in [5.74, 6) is 0.625. The highest BCUT2D eigenvalue weighted by atomic mass is 15.2. The summed E-state index contributed by atoms with van der Waals surface area (Å²) in [5.41, 5.74) is 5.80. The molecule has 7 nitrogen and oxygen atoms in total. The molecule has 0 saturated heterocycles. The van der Waals surface area contributed by atoms with Gasteiger partial charge >= 0.3 is 0 Å². The van der Waals surface area contributed by atoms with Crippen LogP contribution in [0.5, 0.6) is 0 Å². The first kappa shape index (κ1) is 15.3. The molecule has 0 saturated carbocycles. The predicted octanol–water partition coefficient (Wildman–Crippen LogP) is 3.02. The standard InChI is InChI=1S/C18H19N7/c1-4-13-6-16(24-18(19-2)23-13)15-9-21-17-14(15)5-11(7-20-17)12-8-22-25(3)10-12/h5-10H,4H2,1-3H3,(H,20,21)(H,19,23,24). The summed E-state index contributed by atoms with van der Waals surface area (Å²) in [5, 5.41) is 8.30. The van der Waals surface area contributed by atoms with Crippen molar-refractivity contribution in [2.75, 3.05) is 12.4 Å². The molecule has 0 aliphatic carbocycles. The number of aromatic amines is 1. The second-order valence-electron chi connectivity index (χ2n) is 5.90. The molecule has 0 atom stereocenters. The molecule has 0 aromatic carbocycles. The third-order valence-electron chi connectivity index (χ3n) is 4.21. The first-order chi connectivity index (χ1) is 12.2. The summed E-state index contributed by atoms with van der Waals surface area (Å²) in [6, 6.07) is 4.15. The number of aromatic nitrogens is 6. The molecule has 4 aromatic heterocycles. The van der Waals surface area contributed by atoms with E-state index in [-0.39, 0.29) is 0 Å². The molecule has 0 amide bonds. The van der Waals surface area contributed by atoms with Crippen LogP contribution in [0.15, 0.2) is 36.9 Å². The maximum atomic E-state index is 4.61. The number of fused-ring (bicyclic) bond motifs is 1. The Hall–Kier alpha value is -3.22. The maximum Gasteiger partial charge on any atom is 0.223 e. The molecule has 0 unspecified atom stereocenters. The van der Waals surface area contributed by atoms with E-state index in [9.17, 15) is 0 Å². The highest BCUT2D eigenvalue weighted by Gasteiger charge is 2.13. The van der Waals surface area contributed by atoms with Crippen LogP contribution in [-0.4, -0.2) is 36.8 Å². The van der Waals surface area contributed by atoms with Crippen molar-refractivity contribution in [1.82, 2.24) is 29.7 Å². The van der Waals surface area contributed by atoms with E-state index in [0.29, 0.717) is 5.95 Å². The molecule has 0 aliphatic rings. The van der Waals surface area contributed by atoms with Crippen molar-refractivity contribution in [3.63, 3.8) is 0 Å². The van der Waals surface area contributed by atoms with Crippen LogP contribution in [-0.2, 0) is 13.5 Å². The second kappa shape index (κ2) is 6.01. The van der Waals surface area contributed by atoms with Gasteiger partial charge in [-0.1, -0.05) is 6.92 Å². The lowest BCUT2D eigenvalue weighted by molar-refractivity contribution is 0.768. The lowest BCUT2D eigenvalue weighted by Crippen LogP contribution is -2.00. The molecular weight excluding hydrogens is 314 g/mol. The number of hydrogen-bond acceptors (Lipinski definition) is 5. The smallest absolute Gasteiger partial charge is 0.223 e. The number of anilines is 1. The van der Waals surface area contributed by atoms with Gasteiger partial charge in [0.2, 0.25) is 5.95 Å². The average molecular weight is 333 g/mol. The largest absolute Gasteiger partial charge is 0.357 e. The fourth-order valence-corrected chi connectivity index (χ4v) is 2.87. The van der Waals surface area contributed by atoms with E-state index >= 15 is 0 Å². The Morgan fingerprint density at radius 2 is 2.04 bits per heavy atom. The highest BCUT2D eigenvalue weighted by molar-refractivity contribution is 5.95. The quantitative estimate of drug-likeness (QED) is 0.600. The second-order valence-corrected chi connectivity index (χ2v) is 5.90. The number of nitrogens with one attached hydrogen (secondary N) is 2. The van der Waals surface area contributed by atoms with Crippen molar-refractivity contribution in [3.8, 4) is 22.4 Å².